The SMILES string of the molecule is O=C(CCc1ccc(F)c(F)c1)NCC[C@H](O)C(=O)O. The van der Waals surface area contributed by atoms with Crippen molar-refractivity contribution in [3.8, 4) is 0 Å². The van der Waals surface area contributed by atoms with E-state index in [2.05, 4.69) is 5.32 Å². The summed E-state index contributed by atoms with van der Waals surface area (Å²) in [7, 11) is 0. The number of aliphatic hydroxyl groups is 1. The Balaban J connectivity index is 2.29. The molecule has 0 saturated heterocycles. The Morgan fingerprint density at radius 3 is 2.55 bits per heavy atom. The van der Waals surface area contributed by atoms with E-state index in [-0.39, 0.29) is 31.7 Å². The number of aryl methyl sites for hydroxylation is 1. The van der Waals surface area contributed by atoms with Crippen LogP contribution in [0.1, 0.15) is 18.4 Å². The quantitative estimate of drug-likeness (QED) is 0.694. The zero-order valence-corrected chi connectivity index (χ0v) is 10.6. The van der Waals surface area contributed by atoms with Crippen LogP contribution in [0.4, 0.5) is 8.78 Å². The number of rotatable bonds is 7. The van der Waals surface area contributed by atoms with Crippen molar-refractivity contribution in [3.05, 3.63) is 35.4 Å². The zero-order valence-electron chi connectivity index (χ0n) is 10.6. The molecule has 20 heavy (non-hydrogen) atoms. The molecule has 0 heterocycles. The van der Waals surface area contributed by atoms with Gasteiger partial charge in [0, 0.05) is 19.4 Å². The van der Waals surface area contributed by atoms with Gasteiger partial charge in [0.2, 0.25) is 5.91 Å². The van der Waals surface area contributed by atoms with E-state index >= 15 is 0 Å². The predicted octanol–water partition coefficient (Wildman–Crippen LogP) is 0.849. The Hall–Kier alpha value is -2.02. The van der Waals surface area contributed by atoms with Gasteiger partial charge in [0.25, 0.3) is 0 Å². The summed E-state index contributed by atoms with van der Waals surface area (Å²) in [4.78, 5) is 21.7. The van der Waals surface area contributed by atoms with E-state index in [4.69, 9.17) is 10.2 Å². The van der Waals surface area contributed by atoms with Crippen molar-refractivity contribution < 1.29 is 28.6 Å². The van der Waals surface area contributed by atoms with Crippen molar-refractivity contribution in [2.24, 2.45) is 0 Å². The molecule has 0 fully saturated rings. The van der Waals surface area contributed by atoms with Crippen LogP contribution in [0.15, 0.2) is 18.2 Å². The zero-order chi connectivity index (χ0) is 15.1. The summed E-state index contributed by atoms with van der Waals surface area (Å²) in [6, 6.07) is 3.41. The number of hydrogen-bond acceptors (Lipinski definition) is 3. The Bertz CT molecular complexity index is 493. The average Bonchev–Trinajstić information content (AvgIpc) is 2.40. The van der Waals surface area contributed by atoms with Gasteiger partial charge in [-0.3, -0.25) is 4.79 Å². The van der Waals surface area contributed by atoms with Gasteiger partial charge >= 0.3 is 5.97 Å². The summed E-state index contributed by atoms with van der Waals surface area (Å²) >= 11 is 0. The Kier molecular flexibility index (Phi) is 6.05. The van der Waals surface area contributed by atoms with Crippen molar-refractivity contribution in [2.75, 3.05) is 6.54 Å². The van der Waals surface area contributed by atoms with Crippen LogP contribution >= 0.6 is 0 Å². The molecule has 0 saturated carbocycles. The highest BCUT2D eigenvalue weighted by Crippen LogP contribution is 2.10. The first-order valence-electron chi connectivity index (χ1n) is 6.01. The molecule has 0 aliphatic heterocycles. The lowest BCUT2D eigenvalue weighted by Gasteiger charge is -2.07. The van der Waals surface area contributed by atoms with E-state index in [9.17, 15) is 18.4 Å². The molecule has 0 unspecified atom stereocenters. The second kappa shape index (κ2) is 7.54. The third-order valence-corrected chi connectivity index (χ3v) is 2.65. The third kappa shape index (κ3) is 5.31. The monoisotopic (exact) mass is 287 g/mol. The molecule has 7 heteroatoms. The highest BCUT2D eigenvalue weighted by molar-refractivity contribution is 5.76. The Morgan fingerprint density at radius 2 is 1.95 bits per heavy atom. The molecular formula is C13H15F2NO4. The average molecular weight is 287 g/mol. The number of aliphatic carboxylic acids is 1. The number of carboxylic acids is 1. The van der Waals surface area contributed by atoms with Gasteiger partial charge in [-0.15, -0.1) is 0 Å². The van der Waals surface area contributed by atoms with Crippen molar-refractivity contribution in [3.63, 3.8) is 0 Å². The summed E-state index contributed by atoms with van der Waals surface area (Å²) in [6.45, 7) is 0.0318. The fraction of sp³-hybridized carbons (Fsp3) is 0.385. The second-order valence-electron chi connectivity index (χ2n) is 4.24. The summed E-state index contributed by atoms with van der Waals surface area (Å²) in [5.74, 6) is -3.61. The first-order chi connectivity index (χ1) is 9.40. The number of hydrogen-bond donors (Lipinski definition) is 3. The van der Waals surface area contributed by atoms with Gasteiger partial charge < -0.3 is 15.5 Å². The van der Waals surface area contributed by atoms with Gasteiger partial charge in [0.15, 0.2) is 17.7 Å². The topological polar surface area (TPSA) is 86.6 Å². The number of carbonyl (C=O) groups excluding carboxylic acids is 1. The van der Waals surface area contributed by atoms with Gasteiger partial charge in [-0.2, -0.15) is 0 Å². The van der Waals surface area contributed by atoms with Gasteiger partial charge in [-0.1, -0.05) is 6.07 Å². The number of aliphatic hydroxyl groups excluding tert-OH is 1. The first-order valence-corrected chi connectivity index (χ1v) is 6.01. The largest absolute Gasteiger partial charge is 0.479 e. The van der Waals surface area contributed by atoms with Crippen LogP contribution in [0, 0.1) is 11.6 Å². The first kappa shape index (κ1) is 16.0. The van der Waals surface area contributed by atoms with Crippen LogP contribution < -0.4 is 5.32 Å². The number of benzene rings is 1. The maximum Gasteiger partial charge on any atom is 0.332 e. The fourth-order valence-corrected chi connectivity index (χ4v) is 1.51. The molecule has 1 aromatic carbocycles. The third-order valence-electron chi connectivity index (χ3n) is 2.65. The van der Waals surface area contributed by atoms with Gasteiger partial charge in [0.05, 0.1) is 0 Å². The molecule has 0 radical (unpaired) electrons. The summed E-state index contributed by atoms with van der Waals surface area (Å²) in [5.41, 5.74) is 0.490. The van der Waals surface area contributed by atoms with E-state index in [1.807, 2.05) is 0 Å². The smallest absolute Gasteiger partial charge is 0.332 e. The van der Waals surface area contributed by atoms with Crippen LogP contribution in [-0.4, -0.2) is 34.7 Å². The van der Waals surface area contributed by atoms with Crippen molar-refractivity contribution >= 4 is 11.9 Å². The van der Waals surface area contributed by atoms with Crippen molar-refractivity contribution in [1.29, 1.82) is 0 Å². The van der Waals surface area contributed by atoms with Gasteiger partial charge in [-0.05, 0) is 24.1 Å². The van der Waals surface area contributed by atoms with E-state index in [0.717, 1.165) is 12.1 Å². The minimum absolute atomic E-state index is 0.0318. The molecule has 5 nitrogen and oxygen atoms in total. The van der Waals surface area contributed by atoms with Gasteiger partial charge in [0.1, 0.15) is 0 Å². The molecule has 1 rings (SSSR count). The Morgan fingerprint density at radius 1 is 1.25 bits per heavy atom. The van der Waals surface area contributed by atoms with Gasteiger partial charge in [-0.25, -0.2) is 13.6 Å². The van der Waals surface area contributed by atoms with E-state index < -0.39 is 23.7 Å². The lowest BCUT2D eigenvalue weighted by atomic mass is 10.1. The lowest BCUT2D eigenvalue weighted by molar-refractivity contribution is -0.147. The summed E-state index contributed by atoms with van der Waals surface area (Å²) < 4.78 is 25.6. The second-order valence-corrected chi connectivity index (χ2v) is 4.24. The predicted molar refractivity (Wildman–Crippen MR) is 65.9 cm³/mol. The molecule has 0 aromatic heterocycles. The fourth-order valence-electron chi connectivity index (χ4n) is 1.51. The summed E-state index contributed by atoms with van der Waals surface area (Å²) in [6.07, 6.45) is -1.30. The minimum atomic E-state index is -1.51. The molecule has 1 aromatic rings. The highest BCUT2D eigenvalue weighted by Gasteiger charge is 2.12. The standard InChI is InChI=1S/C13H15F2NO4/c14-9-3-1-8(7-10(9)15)2-4-12(18)16-6-5-11(17)13(19)20/h1,3,7,11,17H,2,4-6H2,(H,16,18)(H,19,20)/t11-/m0/s1. The number of halogens is 2. The van der Waals surface area contributed by atoms with Crippen LogP contribution in [0.25, 0.3) is 0 Å². The number of nitrogens with one attached hydrogen (secondary N) is 1. The molecular weight excluding hydrogens is 272 g/mol. The minimum Gasteiger partial charge on any atom is -0.479 e. The van der Waals surface area contributed by atoms with Crippen molar-refractivity contribution in [2.45, 2.75) is 25.4 Å². The van der Waals surface area contributed by atoms with E-state index in [0.29, 0.717) is 5.56 Å². The Labute approximate surface area is 114 Å². The molecule has 110 valence electrons. The van der Waals surface area contributed by atoms with Crippen LogP contribution in [-0.2, 0) is 16.0 Å². The normalized spacial score (nSPS) is 11.9. The van der Waals surface area contributed by atoms with Crippen molar-refractivity contribution in [1.82, 2.24) is 5.32 Å². The maximum atomic E-state index is 12.9. The summed E-state index contributed by atoms with van der Waals surface area (Å²) in [5, 5.41) is 19.8. The van der Waals surface area contributed by atoms with E-state index in [1.165, 1.54) is 6.07 Å². The molecule has 3 N–H and O–H groups in total. The molecule has 0 spiro atoms. The van der Waals surface area contributed by atoms with Crippen LogP contribution in [0.2, 0.25) is 0 Å². The molecule has 1 amide bonds. The van der Waals surface area contributed by atoms with Crippen LogP contribution in [0.5, 0.6) is 0 Å². The van der Waals surface area contributed by atoms with Crippen LogP contribution in [0.3, 0.4) is 0 Å². The van der Waals surface area contributed by atoms with E-state index in [1.54, 1.807) is 0 Å². The molecule has 1 atom stereocenters. The lowest BCUT2D eigenvalue weighted by Crippen LogP contribution is -2.30. The molecule has 0 aliphatic rings. The highest BCUT2D eigenvalue weighted by atomic mass is 19.2. The maximum absolute atomic E-state index is 12.9. The number of amides is 1. The number of carbonyl (C=O) groups is 2. The molecule has 0 bridgehead atoms. The number of carboxylic acid groups (broad SMARTS) is 1. The molecule has 0 aliphatic carbocycles.